The smallest absolute Gasteiger partial charge is 0.224 e. The van der Waals surface area contributed by atoms with Gasteiger partial charge in [0.25, 0.3) is 0 Å². The molecular formula is C22H35IN4O3. The van der Waals surface area contributed by atoms with Crippen LogP contribution < -0.4 is 14.8 Å². The number of ether oxygens (including phenoxy) is 2. The van der Waals surface area contributed by atoms with Gasteiger partial charge in [0.15, 0.2) is 17.5 Å². The average Bonchev–Trinajstić information content (AvgIpc) is 2.75. The van der Waals surface area contributed by atoms with E-state index in [2.05, 4.69) is 34.3 Å². The van der Waals surface area contributed by atoms with E-state index in [9.17, 15) is 4.79 Å². The molecule has 0 bridgehead atoms. The van der Waals surface area contributed by atoms with Crippen LogP contribution in [-0.4, -0.2) is 69.1 Å². The number of carbonyl (C=O) groups is 1. The van der Waals surface area contributed by atoms with Crippen LogP contribution in [0.15, 0.2) is 17.1 Å². The molecule has 0 aromatic heterocycles. The molecule has 1 aromatic carbocycles. The molecule has 0 aliphatic carbocycles. The van der Waals surface area contributed by atoms with Crippen LogP contribution in [0.5, 0.6) is 11.5 Å². The number of carbonyl (C=O) groups excluding carboxylic acids is 1. The van der Waals surface area contributed by atoms with Gasteiger partial charge < -0.3 is 24.6 Å². The van der Waals surface area contributed by atoms with Crippen molar-refractivity contribution in [3.8, 4) is 11.5 Å². The number of likely N-dealkylation sites (tertiary alicyclic amines) is 1. The molecule has 2 heterocycles. The number of amides is 1. The lowest BCUT2D eigenvalue weighted by atomic mass is 9.99. The largest absolute Gasteiger partial charge is 0.493 e. The van der Waals surface area contributed by atoms with Gasteiger partial charge >= 0.3 is 0 Å². The van der Waals surface area contributed by atoms with Crippen molar-refractivity contribution in [2.75, 3.05) is 47.4 Å². The first-order chi connectivity index (χ1) is 14.0. The molecule has 2 aliphatic heterocycles. The van der Waals surface area contributed by atoms with Crippen LogP contribution in [0.3, 0.4) is 0 Å². The molecule has 1 N–H and O–H groups in total. The molecule has 1 fully saturated rings. The first-order valence-electron chi connectivity index (χ1n) is 10.5. The maximum atomic E-state index is 12.5. The third-order valence-corrected chi connectivity index (χ3v) is 5.86. The van der Waals surface area contributed by atoms with Crippen molar-refractivity contribution < 1.29 is 14.3 Å². The highest BCUT2D eigenvalue weighted by Gasteiger charge is 2.23. The molecule has 1 saturated heterocycles. The number of nitrogens with one attached hydrogen (secondary N) is 1. The SMILES string of the molecule is CN=C(NCCC(=O)N1CCCC(C)C1)N1CCc2cc(OC)c(OC)cc2C1.I. The quantitative estimate of drug-likeness (QED) is 0.361. The van der Waals surface area contributed by atoms with Crippen LogP contribution in [0.4, 0.5) is 0 Å². The van der Waals surface area contributed by atoms with Crippen molar-refractivity contribution >= 4 is 35.8 Å². The number of rotatable bonds is 5. The van der Waals surface area contributed by atoms with Gasteiger partial charge in [-0.05, 0) is 48.4 Å². The van der Waals surface area contributed by atoms with E-state index in [1.165, 1.54) is 17.5 Å². The number of guanidine groups is 1. The predicted octanol–water partition coefficient (Wildman–Crippen LogP) is 2.90. The summed E-state index contributed by atoms with van der Waals surface area (Å²) in [5, 5.41) is 3.37. The summed E-state index contributed by atoms with van der Waals surface area (Å²) in [6.45, 7) is 6.24. The first kappa shape index (κ1) is 24.6. The Morgan fingerprint density at radius 1 is 1.17 bits per heavy atom. The van der Waals surface area contributed by atoms with E-state index in [0.717, 1.165) is 56.5 Å². The minimum Gasteiger partial charge on any atom is -0.493 e. The highest BCUT2D eigenvalue weighted by Crippen LogP contribution is 2.33. The third kappa shape index (κ3) is 5.92. The van der Waals surface area contributed by atoms with Gasteiger partial charge in [-0.1, -0.05) is 6.92 Å². The van der Waals surface area contributed by atoms with Crippen LogP contribution in [0.2, 0.25) is 0 Å². The molecule has 0 radical (unpaired) electrons. The Kier molecular flexibility index (Phi) is 9.51. The second kappa shape index (κ2) is 11.6. The predicted molar refractivity (Wildman–Crippen MR) is 130 cm³/mol. The van der Waals surface area contributed by atoms with Gasteiger partial charge in [0, 0.05) is 46.2 Å². The van der Waals surface area contributed by atoms with Gasteiger partial charge in [-0.15, -0.1) is 24.0 Å². The van der Waals surface area contributed by atoms with Crippen molar-refractivity contribution in [1.82, 2.24) is 15.1 Å². The topological polar surface area (TPSA) is 66.4 Å². The van der Waals surface area contributed by atoms with Gasteiger partial charge in [0.2, 0.25) is 5.91 Å². The van der Waals surface area contributed by atoms with Crippen LogP contribution in [0, 0.1) is 5.92 Å². The van der Waals surface area contributed by atoms with E-state index >= 15 is 0 Å². The molecule has 2 aliphatic rings. The Labute approximate surface area is 197 Å². The number of methoxy groups -OCH3 is 2. The lowest BCUT2D eigenvalue weighted by Crippen LogP contribution is -2.45. The fraction of sp³-hybridized carbons (Fsp3) is 0.636. The number of hydrogen-bond donors (Lipinski definition) is 1. The van der Waals surface area contributed by atoms with Crippen molar-refractivity contribution in [3.05, 3.63) is 23.3 Å². The fourth-order valence-electron chi connectivity index (χ4n) is 4.25. The monoisotopic (exact) mass is 530 g/mol. The Bertz CT molecular complexity index is 756. The van der Waals surface area contributed by atoms with Crippen molar-refractivity contribution in [3.63, 3.8) is 0 Å². The molecule has 7 nitrogen and oxygen atoms in total. The third-order valence-electron chi connectivity index (χ3n) is 5.86. The Hall–Kier alpha value is -1.71. The maximum Gasteiger partial charge on any atom is 0.224 e. The Morgan fingerprint density at radius 2 is 1.87 bits per heavy atom. The number of benzene rings is 1. The summed E-state index contributed by atoms with van der Waals surface area (Å²) in [5.41, 5.74) is 2.50. The van der Waals surface area contributed by atoms with E-state index in [0.29, 0.717) is 18.9 Å². The summed E-state index contributed by atoms with van der Waals surface area (Å²) in [5.74, 6) is 3.20. The average molecular weight is 530 g/mol. The zero-order valence-electron chi connectivity index (χ0n) is 18.6. The van der Waals surface area contributed by atoms with E-state index in [4.69, 9.17) is 9.47 Å². The normalized spacial score (nSPS) is 18.9. The zero-order chi connectivity index (χ0) is 20.8. The summed E-state index contributed by atoms with van der Waals surface area (Å²) in [4.78, 5) is 21.2. The molecule has 168 valence electrons. The summed E-state index contributed by atoms with van der Waals surface area (Å²) < 4.78 is 10.9. The first-order valence-corrected chi connectivity index (χ1v) is 10.5. The number of hydrogen-bond acceptors (Lipinski definition) is 4. The lowest BCUT2D eigenvalue weighted by Gasteiger charge is -2.33. The number of aliphatic imine (C=N–C) groups is 1. The van der Waals surface area contributed by atoms with Gasteiger partial charge in [0.1, 0.15) is 0 Å². The van der Waals surface area contributed by atoms with Gasteiger partial charge in [-0.25, -0.2) is 0 Å². The van der Waals surface area contributed by atoms with E-state index < -0.39 is 0 Å². The molecule has 0 spiro atoms. The Morgan fingerprint density at radius 3 is 2.50 bits per heavy atom. The van der Waals surface area contributed by atoms with Gasteiger partial charge in [-0.2, -0.15) is 0 Å². The summed E-state index contributed by atoms with van der Waals surface area (Å²) in [6, 6.07) is 4.12. The highest BCUT2D eigenvalue weighted by atomic mass is 127. The standard InChI is InChI=1S/C22H34N4O3.HI/c1-16-6-5-10-25(14-16)21(27)7-9-24-22(23-2)26-11-8-17-12-19(28-3)20(29-4)13-18(17)15-26;/h12-13,16H,5-11,14-15H2,1-4H3,(H,23,24);1H. The number of piperidine rings is 1. The van der Waals surface area contributed by atoms with Gasteiger partial charge in [0.05, 0.1) is 14.2 Å². The van der Waals surface area contributed by atoms with Crippen LogP contribution >= 0.6 is 24.0 Å². The van der Waals surface area contributed by atoms with Crippen molar-refractivity contribution in [2.24, 2.45) is 10.9 Å². The maximum absolute atomic E-state index is 12.5. The molecule has 1 unspecified atom stereocenters. The van der Waals surface area contributed by atoms with Crippen LogP contribution in [-0.2, 0) is 17.8 Å². The number of fused-ring (bicyclic) bond motifs is 1. The summed E-state index contributed by atoms with van der Waals surface area (Å²) >= 11 is 0. The molecule has 8 heteroatoms. The molecule has 3 rings (SSSR count). The second-order valence-electron chi connectivity index (χ2n) is 7.96. The lowest BCUT2D eigenvalue weighted by molar-refractivity contribution is -0.132. The number of halogens is 1. The number of nitrogens with zero attached hydrogens (tertiary/aromatic N) is 3. The molecule has 1 atom stereocenters. The fourth-order valence-corrected chi connectivity index (χ4v) is 4.25. The summed E-state index contributed by atoms with van der Waals surface area (Å²) in [6.07, 6.45) is 3.76. The minimum atomic E-state index is 0. The second-order valence-corrected chi connectivity index (χ2v) is 7.96. The molecule has 0 saturated carbocycles. The van der Waals surface area contributed by atoms with E-state index in [1.807, 2.05) is 4.90 Å². The Balaban J connectivity index is 0.00000320. The van der Waals surface area contributed by atoms with E-state index in [-0.39, 0.29) is 29.9 Å². The van der Waals surface area contributed by atoms with Gasteiger partial charge in [-0.3, -0.25) is 9.79 Å². The molecule has 30 heavy (non-hydrogen) atoms. The van der Waals surface area contributed by atoms with E-state index in [1.54, 1.807) is 21.3 Å². The van der Waals surface area contributed by atoms with Crippen molar-refractivity contribution in [1.29, 1.82) is 0 Å². The summed E-state index contributed by atoms with van der Waals surface area (Å²) in [7, 11) is 5.11. The molecular weight excluding hydrogens is 495 g/mol. The van der Waals surface area contributed by atoms with Crippen LogP contribution in [0.1, 0.15) is 37.3 Å². The zero-order valence-corrected chi connectivity index (χ0v) is 20.9. The van der Waals surface area contributed by atoms with Crippen molar-refractivity contribution in [2.45, 2.75) is 39.2 Å². The minimum absolute atomic E-state index is 0. The highest BCUT2D eigenvalue weighted by molar-refractivity contribution is 14.0. The molecule has 1 aromatic rings. The molecule has 1 amide bonds. The van der Waals surface area contributed by atoms with Crippen LogP contribution in [0.25, 0.3) is 0 Å².